The Morgan fingerprint density at radius 3 is 2.95 bits per heavy atom. The number of ether oxygens (including phenoxy) is 1. The van der Waals surface area contributed by atoms with Gasteiger partial charge in [0, 0.05) is 31.8 Å². The number of rotatable bonds is 4. The third-order valence-corrected chi connectivity index (χ3v) is 2.74. The van der Waals surface area contributed by atoms with E-state index in [4.69, 9.17) is 4.74 Å². The van der Waals surface area contributed by atoms with Crippen molar-refractivity contribution < 1.29 is 18.4 Å². The molecule has 104 valence electrons. The first kappa shape index (κ1) is 13.6. The van der Waals surface area contributed by atoms with Gasteiger partial charge < -0.3 is 15.4 Å². The summed E-state index contributed by atoms with van der Waals surface area (Å²) < 4.78 is 31.8. The van der Waals surface area contributed by atoms with Crippen molar-refractivity contribution in [3.05, 3.63) is 33.9 Å². The molecule has 0 aliphatic carbocycles. The van der Waals surface area contributed by atoms with E-state index >= 15 is 0 Å². The van der Waals surface area contributed by atoms with Crippen molar-refractivity contribution in [2.75, 3.05) is 31.6 Å². The molecule has 0 radical (unpaired) electrons. The average molecular weight is 273 g/mol. The second-order valence-electron chi connectivity index (χ2n) is 4.12. The van der Waals surface area contributed by atoms with E-state index in [2.05, 4.69) is 10.6 Å². The molecule has 2 N–H and O–H groups in total. The number of morpholine rings is 1. The maximum absolute atomic E-state index is 13.4. The standard InChI is InChI=1S/C11H13F2N3O3/c12-7-3-9(13)11(16(17)18)10(4-7)15-6-8-5-14-1-2-19-8/h3-4,8,14-15H,1-2,5-6H2. The maximum atomic E-state index is 13.4. The summed E-state index contributed by atoms with van der Waals surface area (Å²) in [5.74, 6) is -2.07. The van der Waals surface area contributed by atoms with Crippen LogP contribution in [0.3, 0.4) is 0 Å². The largest absolute Gasteiger partial charge is 0.377 e. The monoisotopic (exact) mass is 273 g/mol. The van der Waals surface area contributed by atoms with Gasteiger partial charge in [-0.15, -0.1) is 0 Å². The van der Waals surface area contributed by atoms with E-state index < -0.39 is 22.2 Å². The molecule has 1 fully saturated rings. The number of nitrogens with zero attached hydrogens (tertiary/aromatic N) is 1. The highest BCUT2D eigenvalue weighted by molar-refractivity contribution is 5.62. The zero-order chi connectivity index (χ0) is 13.8. The van der Waals surface area contributed by atoms with E-state index in [0.717, 1.165) is 12.6 Å². The van der Waals surface area contributed by atoms with Gasteiger partial charge in [0.25, 0.3) is 0 Å². The Morgan fingerprint density at radius 2 is 2.32 bits per heavy atom. The van der Waals surface area contributed by atoms with E-state index in [0.29, 0.717) is 19.2 Å². The van der Waals surface area contributed by atoms with Gasteiger partial charge in [0.1, 0.15) is 11.5 Å². The normalized spacial score (nSPS) is 19.2. The molecule has 1 atom stereocenters. The van der Waals surface area contributed by atoms with Gasteiger partial charge >= 0.3 is 5.69 Å². The number of nitrogens with one attached hydrogen (secondary N) is 2. The highest BCUT2D eigenvalue weighted by atomic mass is 19.1. The lowest BCUT2D eigenvalue weighted by Crippen LogP contribution is -2.42. The SMILES string of the molecule is O=[N+]([O-])c1c(F)cc(F)cc1NCC1CNCCO1. The summed E-state index contributed by atoms with van der Waals surface area (Å²) in [6, 6.07) is 1.39. The van der Waals surface area contributed by atoms with Crippen LogP contribution in [0.2, 0.25) is 0 Å². The first-order valence-corrected chi connectivity index (χ1v) is 5.77. The molecule has 19 heavy (non-hydrogen) atoms. The van der Waals surface area contributed by atoms with Crippen LogP contribution in [0, 0.1) is 21.7 Å². The Balaban J connectivity index is 2.12. The van der Waals surface area contributed by atoms with Crippen LogP contribution < -0.4 is 10.6 Å². The topological polar surface area (TPSA) is 76.4 Å². The summed E-state index contributed by atoms with van der Waals surface area (Å²) in [4.78, 5) is 9.89. The minimum atomic E-state index is -1.20. The molecule has 2 rings (SSSR count). The fraction of sp³-hybridized carbons (Fsp3) is 0.455. The summed E-state index contributed by atoms with van der Waals surface area (Å²) in [7, 11) is 0. The van der Waals surface area contributed by atoms with Crippen LogP contribution in [0.25, 0.3) is 0 Å². The Bertz CT molecular complexity index is 478. The summed E-state index contributed by atoms with van der Waals surface area (Å²) in [5.41, 5.74) is -0.943. The van der Waals surface area contributed by atoms with Crippen LogP contribution in [0.1, 0.15) is 0 Å². The zero-order valence-electron chi connectivity index (χ0n) is 9.99. The van der Waals surface area contributed by atoms with Crippen molar-refractivity contribution in [3.63, 3.8) is 0 Å². The second-order valence-corrected chi connectivity index (χ2v) is 4.12. The van der Waals surface area contributed by atoms with Gasteiger partial charge in [0.2, 0.25) is 5.82 Å². The molecule has 0 bridgehead atoms. The molecule has 1 aliphatic heterocycles. The lowest BCUT2D eigenvalue weighted by atomic mass is 10.2. The van der Waals surface area contributed by atoms with E-state index in [1.54, 1.807) is 0 Å². The summed E-state index contributed by atoms with van der Waals surface area (Å²) >= 11 is 0. The van der Waals surface area contributed by atoms with Gasteiger partial charge in [-0.05, 0) is 0 Å². The van der Waals surface area contributed by atoms with Crippen molar-refractivity contribution in [1.82, 2.24) is 5.32 Å². The molecule has 0 spiro atoms. The third-order valence-electron chi connectivity index (χ3n) is 2.74. The minimum absolute atomic E-state index is 0.184. The lowest BCUT2D eigenvalue weighted by molar-refractivity contribution is -0.386. The van der Waals surface area contributed by atoms with Crippen molar-refractivity contribution in [3.8, 4) is 0 Å². The maximum Gasteiger partial charge on any atom is 0.327 e. The summed E-state index contributed by atoms with van der Waals surface area (Å²) in [6.07, 6.45) is -0.195. The molecule has 0 saturated carbocycles. The molecular formula is C11H13F2N3O3. The number of benzene rings is 1. The molecule has 1 aromatic carbocycles. The third kappa shape index (κ3) is 3.36. The number of hydrogen-bond acceptors (Lipinski definition) is 5. The Hall–Kier alpha value is -1.80. The van der Waals surface area contributed by atoms with Gasteiger partial charge in [-0.1, -0.05) is 0 Å². The van der Waals surface area contributed by atoms with Gasteiger partial charge in [-0.3, -0.25) is 10.1 Å². The highest BCUT2D eigenvalue weighted by Crippen LogP contribution is 2.28. The Labute approximate surface area is 107 Å². The van der Waals surface area contributed by atoms with Gasteiger partial charge in [-0.25, -0.2) is 4.39 Å². The summed E-state index contributed by atoms with van der Waals surface area (Å²) in [6.45, 7) is 2.09. The van der Waals surface area contributed by atoms with Gasteiger partial charge in [-0.2, -0.15) is 4.39 Å². The van der Waals surface area contributed by atoms with E-state index in [1.165, 1.54) is 0 Å². The van der Waals surface area contributed by atoms with Crippen LogP contribution in [0.4, 0.5) is 20.2 Å². The average Bonchev–Trinajstić information content (AvgIpc) is 2.36. The molecule has 1 aromatic rings. The van der Waals surface area contributed by atoms with E-state index in [1.807, 2.05) is 0 Å². The van der Waals surface area contributed by atoms with Crippen molar-refractivity contribution in [2.45, 2.75) is 6.10 Å². The first-order valence-electron chi connectivity index (χ1n) is 5.77. The fourth-order valence-corrected chi connectivity index (χ4v) is 1.86. The summed E-state index contributed by atoms with van der Waals surface area (Å²) in [5, 5.41) is 16.5. The number of nitro benzene ring substituents is 1. The zero-order valence-corrected chi connectivity index (χ0v) is 9.99. The second kappa shape index (κ2) is 5.89. The van der Waals surface area contributed by atoms with E-state index in [9.17, 15) is 18.9 Å². The molecule has 1 saturated heterocycles. The Morgan fingerprint density at radius 1 is 1.53 bits per heavy atom. The predicted octanol–water partition coefficient (Wildman–Crippen LogP) is 1.27. The van der Waals surface area contributed by atoms with Crippen LogP contribution in [-0.4, -0.2) is 37.3 Å². The molecule has 0 aromatic heterocycles. The van der Waals surface area contributed by atoms with Crippen LogP contribution in [0.15, 0.2) is 12.1 Å². The van der Waals surface area contributed by atoms with Crippen molar-refractivity contribution in [1.29, 1.82) is 0 Å². The number of anilines is 1. The lowest BCUT2D eigenvalue weighted by Gasteiger charge is -2.24. The smallest absolute Gasteiger partial charge is 0.327 e. The van der Waals surface area contributed by atoms with Crippen molar-refractivity contribution >= 4 is 11.4 Å². The van der Waals surface area contributed by atoms with Crippen LogP contribution >= 0.6 is 0 Å². The molecule has 8 heteroatoms. The van der Waals surface area contributed by atoms with Gasteiger partial charge in [0.15, 0.2) is 0 Å². The molecule has 6 nitrogen and oxygen atoms in total. The minimum Gasteiger partial charge on any atom is -0.377 e. The highest BCUT2D eigenvalue weighted by Gasteiger charge is 2.23. The van der Waals surface area contributed by atoms with Crippen LogP contribution in [-0.2, 0) is 4.74 Å². The molecule has 0 amide bonds. The quantitative estimate of drug-likeness (QED) is 0.638. The fourth-order valence-electron chi connectivity index (χ4n) is 1.86. The van der Waals surface area contributed by atoms with E-state index in [-0.39, 0.29) is 18.3 Å². The number of hydrogen-bond donors (Lipinski definition) is 2. The van der Waals surface area contributed by atoms with Crippen LogP contribution in [0.5, 0.6) is 0 Å². The molecule has 1 unspecified atom stereocenters. The molecular weight excluding hydrogens is 260 g/mol. The van der Waals surface area contributed by atoms with Gasteiger partial charge in [0.05, 0.1) is 17.6 Å². The first-order chi connectivity index (χ1) is 9.08. The molecule has 1 aliphatic rings. The number of nitro groups is 1. The van der Waals surface area contributed by atoms with Crippen molar-refractivity contribution in [2.24, 2.45) is 0 Å². The molecule has 1 heterocycles. The predicted molar refractivity (Wildman–Crippen MR) is 64.1 cm³/mol. The number of halogens is 2. The Kier molecular flexibility index (Phi) is 4.23.